The third-order valence-electron chi connectivity index (χ3n) is 3.34. The maximum absolute atomic E-state index is 10.3. The lowest BCUT2D eigenvalue weighted by atomic mass is 10.1. The number of aliphatic hydroxyl groups excluding tert-OH is 1. The first-order chi connectivity index (χ1) is 9.74. The summed E-state index contributed by atoms with van der Waals surface area (Å²) in [5.41, 5.74) is 0.789. The summed E-state index contributed by atoms with van der Waals surface area (Å²) in [5, 5.41) is 14.3. The van der Waals surface area contributed by atoms with Crippen LogP contribution in [0.5, 0.6) is 11.5 Å². The molecule has 0 aliphatic carbocycles. The molecule has 1 aliphatic rings. The Labute approximate surface area is 117 Å². The van der Waals surface area contributed by atoms with Crippen LogP contribution in [0, 0.1) is 0 Å². The van der Waals surface area contributed by atoms with E-state index in [0.29, 0.717) is 25.4 Å². The Hall–Kier alpha value is -2.08. The average Bonchev–Trinajstić information content (AvgIpc) is 2.73. The molecule has 1 N–H and O–H groups in total. The minimum atomic E-state index is -0.643. The van der Waals surface area contributed by atoms with E-state index in [0.717, 1.165) is 23.6 Å². The standard InChI is InChI=1S/C14H17N3O3/c1-17-14(15-9-16-17)8-11(18)10-3-4-12-13(7-10)20-6-2-5-19-12/h3-4,7,9,11,18H,2,5-6,8H2,1H3. The zero-order valence-corrected chi connectivity index (χ0v) is 11.3. The lowest BCUT2D eigenvalue weighted by molar-refractivity contribution is 0.174. The molecule has 6 heteroatoms. The summed E-state index contributed by atoms with van der Waals surface area (Å²) >= 11 is 0. The zero-order valence-electron chi connectivity index (χ0n) is 11.3. The molecule has 0 fully saturated rings. The van der Waals surface area contributed by atoms with Crippen molar-refractivity contribution in [1.82, 2.24) is 14.8 Å². The second-order valence-electron chi connectivity index (χ2n) is 4.78. The van der Waals surface area contributed by atoms with E-state index in [1.807, 2.05) is 25.2 Å². The molecular weight excluding hydrogens is 258 g/mol. The highest BCUT2D eigenvalue weighted by Crippen LogP contribution is 2.32. The smallest absolute Gasteiger partial charge is 0.161 e. The van der Waals surface area contributed by atoms with Crippen LogP contribution in [0.4, 0.5) is 0 Å². The van der Waals surface area contributed by atoms with Crippen LogP contribution >= 0.6 is 0 Å². The molecule has 2 aromatic rings. The molecule has 1 aromatic heterocycles. The summed E-state index contributed by atoms with van der Waals surface area (Å²) in [6, 6.07) is 5.53. The summed E-state index contributed by atoms with van der Waals surface area (Å²) < 4.78 is 12.9. The van der Waals surface area contributed by atoms with E-state index in [1.54, 1.807) is 4.68 Å². The largest absolute Gasteiger partial charge is 0.490 e. The van der Waals surface area contributed by atoms with E-state index < -0.39 is 6.10 Å². The van der Waals surface area contributed by atoms with Gasteiger partial charge in [-0.25, -0.2) is 4.98 Å². The molecule has 0 saturated heterocycles. The number of nitrogens with zero attached hydrogens (tertiary/aromatic N) is 3. The third kappa shape index (κ3) is 2.60. The van der Waals surface area contributed by atoms with Gasteiger partial charge < -0.3 is 14.6 Å². The molecule has 0 saturated carbocycles. The predicted octanol–water partition coefficient (Wildman–Crippen LogP) is 1.25. The Morgan fingerprint density at radius 1 is 1.30 bits per heavy atom. The van der Waals surface area contributed by atoms with Gasteiger partial charge in [0.1, 0.15) is 12.2 Å². The Kier molecular flexibility index (Phi) is 3.56. The first-order valence-electron chi connectivity index (χ1n) is 6.64. The first-order valence-corrected chi connectivity index (χ1v) is 6.64. The van der Waals surface area contributed by atoms with Crippen molar-refractivity contribution < 1.29 is 14.6 Å². The van der Waals surface area contributed by atoms with Crippen molar-refractivity contribution in [2.24, 2.45) is 7.05 Å². The van der Waals surface area contributed by atoms with Crippen LogP contribution in [0.2, 0.25) is 0 Å². The molecule has 6 nitrogen and oxygen atoms in total. The molecule has 1 unspecified atom stereocenters. The molecule has 0 spiro atoms. The van der Waals surface area contributed by atoms with Crippen LogP contribution < -0.4 is 9.47 Å². The van der Waals surface area contributed by atoms with E-state index in [-0.39, 0.29) is 0 Å². The van der Waals surface area contributed by atoms with Gasteiger partial charge in [0.15, 0.2) is 11.5 Å². The normalized spacial score (nSPS) is 15.7. The Balaban J connectivity index is 1.80. The van der Waals surface area contributed by atoms with Crippen LogP contribution in [0.25, 0.3) is 0 Å². The van der Waals surface area contributed by atoms with Crippen LogP contribution in [0.1, 0.15) is 23.9 Å². The Morgan fingerprint density at radius 3 is 2.85 bits per heavy atom. The number of hydrogen-bond donors (Lipinski definition) is 1. The molecule has 1 aliphatic heterocycles. The van der Waals surface area contributed by atoms with Gasteiger partial charge in [0.2, 0.25) is 0 Å². The molecule has 1 aromatic carbocycles. The van der Waals surface area contributed by atoms with Gasteiger partial charge in [-0.15, -0.1) is 0 Å². The molecule has 3 rings (SSSR count). The number of fused-ring (bicyclic) bond motifs is 1. The Bertz CT molecular complexity index is 597. The molecule has 1 atom stereocenters. The number of aliphatic hydroxyl groups is 1. The van der Waals surface area contributed by atoms with Crippen molar-refractivity contribution in [3.8, 4) is 11.5 Å². The van der Waals surface area contributed by atoms with Gasteiger partial charge in [-0.05, 0) is 17.7 Å². The van der Waals surface area contributed by atoms with Crippen LogP contribution in [-0.2, 0) is 13.5 Å². The second kappa shape index (κ2) is 5.50. The van der Waals surface area contributed by atoms with Gasteiger partial charge in [0.05, 0.1) is 19.3 Å². The highest BCUT2D eigenvalue weighted by molar-refractivity contribution is 5.44. The summed E-state index contributed by atoms with van der Waals surface area (Å²) in [6.45, 7) is 1.30. The van der Waals surface area contributed by atoms with Gasteiger partial charge in [-0.3, -0.25) is 4.68 Å². The zero-order chi connectivity index (χ0) is 13.9. The molecule has 0 radical (unpaired) electrons. The highest BCUT2D eigenvalue weighted by atomic mass is 16.5. The van der Waals surface area contributed by atoms with E-state index in [2.05, 4.69) is 10.1 Å². The SMILES string of the molecule is Cn1ncnc1CC(O)c1ccc2c(c1)OCCCO2. The van der Waals surface area contributed by atoms with E-state index in [1.165, 1.54) is 6.33 Å². The molecule has 0 bridgehead atoms. The van der Waals surface area contributed by atoms with Crippen molar-refractivity contribution in [3.05, 3.63) is 35.9 Å². The fourth-order valence-electron chi connectivity index (χ4n) is 2.18. The van der Waals surface area contributed by atoms with Crippen molar-refractivity contribution in [2.45, 2.75) is 18.9 Å². The average molecular weight is 275 g/mol. The predicted molar refractivity (Wildman–Crippen MR) is 71.7 cm³/mol. The first kappa shape index (κ1) is 12.9. The van der Waals surface area contributed by atoms with Crippen molar-refractivity contribution in [2.75, 3.05) is 13.2 Å². The molecule has 2 heterocycles. The molecule has 0 amide bonds. The Morgan fingerprint density at radius 2 is 2.10 bits per heavy atom. The van der Waals surface area contributed by atoms with Crippen molar-refractivity contribution in [3.63, 3.8) is 0 Å². The molecule has 106 valence electrons. The van der Waals surface area contributed by atoms with E-state index in [9.17, 15) is 5.11 Å². The van der Waals surface area contributed by atoms with Crippen molar-refractivity contribution in [1.29, 1.82) is 0 Å². The summed E-state index contributed by atoms with van der Waals surface area (Å²) in [4.78, 5) is 4.12. The summed E-state index contributed by atoms with van der Waals surface area (Å²) in [5.74, 6) is 2.17. The number of rotatable bonds is 3. The van der Waals surface area contributed by atoms with Crippen LogP contribution in [0.15, 0.2) is 24.5 Å². The second-order valence-corrected chi connectivity index (χ2v) is 4.78. The number of aromatic nitrogens is 3. The van der Waals surface area contributed by atoms with Gasteiger partial charge in [-0.2, -0.15) is 5.10 Å². The molecule has 20 heavy (non-hydrogen) atoms. The third-order valence-corrected chi connectivity index (χ3v) is 3.34. The maximum Gasteiger partial charge on any atom is 0.161 e. The van der Waals surface area contributed by atoms with Gasteiger partial charge in [-0.1, -0.05) is 6.07 Å². The van der Waals surface area contributed by atoms with E-state index in [4.69, 9.17) is 9.47 Å². The van der Waals surface area contributed by atoms with Gasteiger partial charge in [0, 0.05) is 19.9 Å². The fourth-order valence-corrected chi connectivity index (χ4v) is 2.18. The van der Waals surface area contributed by atoms with Gasteiger partial charge >= 0.3 is 0 Å². The van der Waals surface area contributed by atoms with Crippen LogP contribution in [0.3, 0.4) is 0 Å². The lowest BCUT2D eigenvalue weighted by Crippen LogP contribution is -2.08. The number of hydrogen-bond acceptors (Lipinski definition) is 5. The number of benzene rings is 1. The summed E-state index contributed by atoms with van der Waals surface area (Å²) in [6.07, 6.45) is 2.12. The minimum absolute atomic E-state index is 0.413. The monoisotopic (exact) mass is 275 g/mol. The van der Waals surface area contributed by atoms with Crippen LogP contribution in [-0.4, -0.2) is 33.1 Å². The summed E-state index contributed by atoms with van der Waals surface area (Å²) in [7, 11) is 1.81. The highest BCUT2D eigenvalue weighted by Gasteiger charge is 2.16. The number of ether oxygens (including phenoxy) is 2. The van der Waals surface area contributed by atoms with E-state index >= 15 is 0 Å². The lowest BCUT2D eigenvalue weighted by Gasteiger charge is -2.13. The fraction of sp³-hybridized carbons (Fsp3) is 0.429. The topological polar surface area (TPSA) is 69.4 Å². The molecular formula is C14H17N3O3. The number of aryl methyl sites for hydroxylation is 1. The minimum Gasteiger partial charge on any atom is -0.490 e. The maximum atomic E-state index is 10.3. The van der Waals surface area contributed by atoms with Crippen molar-refractivity contribution >= 4 is 0 Å². The quantitative estimate of drug-likeness (QED) is 0.913. The van der Waals surface area contributed by atoms with Gasteiger partial charge in [0.25, 0.3) is 0 Å².